The molecule has 0 spiro atoms. The second-order valence-electron chi connectivity index (χ2n) is 4.45. The van der Waals surface area contributed by atoms with Crippen LogP contribution < -0.4 is 9.47 Å². The Kier molecular flexibility index (Phi) is 4.37. The van der Waals surface area contributed by atoms with Gasteiger partial charge in [-0.3, -0.25) is 10.1 Å². The van der Waals surface area contributed by atoms with Crippen molar-refractivity contribution in [3.63, 3.8) is 0 Å². The predicted molar refractivity (Wildman–Crippen MR) is 75.1 cm³/mol. The third-order valence-corrected chi connectivity index (χ3v) is 2.99. The van der Waals surface area contributed by atoms with Gasteiger partial charge in [-0.25, -0.2) is 4.39 Å². The highest BCUT2D eigenvalue weighted by atomic mass is 19.1. The summed E-state index contributed by atoms with van der Waals surface area (Å²) in [5.41, 5.74) is 1.17. The van der Waals surface area contributed by atoms with E-state index in [1.165, 1.54) is 43.5 Å². The minimum absolute atomic E-state index is 0.0368. The van der Waals surface area contributed by atoms with Crippen LogP contribution in [0.15, 0.2) is 36.4 Å². The molecule has 5 nitrogen and oxygen atoms in total. The van der Waals surface area contributed by atoms with E-state index in [1.54, 1.807) is 6.92 Å². The molecule has 21 heavy (non-hydrogen) atoms. The number of nitro benzene ring substituents is 1. The fraction of sp³-hybridized carbons (Fsp3) is 0.200. The molecule has 0 saturated carbocycles. The van der Waals surface area contributed by atoms with Gasteiger partial charge in [-0.2, -0.15) is 0 Å². The van der Waals surface area contributed by atoms with E-state index in [0.29, 0.717) is 22.6 Å². The van der Waals surface area contributed by atoms with Gasteiger partial charge in [0.15, 0.2) is 0 Å². The summed E-state index contributed by atoms with van der Waals surface area (Å²) in [6.45, 7) is 1.82. The molecule has 0 atom stereocenters. The Morgan fingerprint density at radius 2 is 1.90 bits per heavy atom. The lowest BCUT2D eigenvalue weighted by Crippen LogP contribution is -2.01. The molecule has 0 heterocycles. The molecule has 0 amide bonds. The molecule has 0 aliphatic heterocycles. The number of rotatable bonds is 5. The van der Waals surface area contributed by atoms with E-state index in [4.69, 9.17) is 9.47 Å². The highest BCUT2D eigenvalue weighted by molar-refractivity contribution is 5.44. The Morgan fingerprint density at radius 1 is 1.19 bits per heavy atom. The average Bonchev–Trinajstić information content (AvgIpc) is 2.46. The molecule has 2 aromatic rings. The summed E-state index contributed by atoms with van der Waals surface area (Å²) in [5.74, 6) is 0.679. The van der Waals surface area contributed by atoms with Crippen molar-refractivity contribution in [2.45, 2.75) is 13.5 Å². The van der Waals surface area contributed by atoms with Crippen LogP contribution in [0.1, 0.15) is 11.1 Å². The zero-order valence-electron chi connectivity index (χ0n) is 11.6. The summed E-state index contributed by atoms with van der Waals surface area (Å²) in [4.78, 5) is 10.3. The average molecular weight is 291 g/mol. The van der Waals surface area contributed by atoms with Gasteiger partial charge in [-0.15, -0.1) is 0 Å². The third kappa shape index (κ3) is 3.47. The minimum Gasteiger partial charge on any atom is -0.496 e. The van der Waals surface area contributed by atoms with E-state index < -0.39 is 4.92 Å². The Morgan fingerprint density at radius 3 is 2.52 bits per heavy atom. The Hall–Kier alpha value is -2.63. The van der Waals surface area contributed by atoms with Gasteiger partial charge >= 0.3 is 0 Å². The lowest BCUT2D eigenvalue weighted by Gasteiger charge is -2.11. The Balaban J connectivity index is 2.22. The SMILES string of the molecule is COc1ccc([N+](=O)[O-])cc1COc1ccc(F)cc1C. The van der Waals surface area contributed by atoms with Gasteiger partial charge in [0.1, 0.15) is 23.9 Å². The van der Waals surface area contributed by atoms with E-state index in [0.717, 1.165) is 0 Å². The molecule has 2 aromatic carbocycles. The molecule has 0 N–H and O–H groups in total. The first-order valence-corrected chi connectivity index (χ1v) is 6.21. The first kappa shape index (κ1) is 14.8. The molecule has 0 aliphatic rings. The Bertz CT molecular complexity index is 673. The van der Waals surface area contributed by atoms with Gasteiger partial charge in [0.2, 0.25) is 0 Å². The van der Waals surface area contributed by atoms with Gasteiger partial charge in [0.25, 0.3) is 5.69 Å². The molecule has 0 aliphatic carbocycles. The predicted octanol–water partition coefficient (Wildman–Crippen LogP) is 3.63. The molecular formula is C15H14FNO4. The maximum absolute atomic E-state index is 13.0. The van der Waals surface area contributed by atoms with Crippen LogP contribution in [-0.2, 0) is 6.61 Å². The van der Waals surface area contributed by atoms with Crippen LogP contribution in [0.3, 0.4) is 0 Å². The summed E-state index contributed by atoms with van der Waals surface area (Å²) >= 11 is 0. The number of non-ortho nitro benzene ring substituents is 1. The van der Waals surface area contributed by atoms with Crippen LogP contribution in [0.5, 0.6) is 11.5 Å². The van der Waals surface area contributed by atoms with Gasteiger partial charge in [-0.1, -0.05) is 0 Å². The van der Waals surface area contributed by atoms with Crippen molar-refractivity contribution in [1.82, 2.24) is 0 Å². The topological polar surface area (TPSA) is 61.6 Å². The van der Waals surface area contributed by atoms with E-state index in [1.807, 2.05) is 0 Å². The molecular weight excluding hydrogens is 277 g/mol. The summed E-state index contributed by atoms with van der Waals surface area (Å²) < 4.78 is 23.8. The fourth-order valence-electron chi connectivity index (χ4n) is 1.92. The smallest absolute Gasteiger partial charge is 0.270 e. The molecule has 0 fully saturated rings. The molecule has 0 aromatic heterocycles. The van der Waals surface area contributed by atoms with Crippen molar-refractivity contribution >= 4 is 5.69 Å². The quantitative estimate of drug-likeness (QED) is 0.623. The highest BCUT2D eigenvalue weighted by Crippen LogP contribution is 2.26. The molecule has 0 saturated heterocycles. The van der Waals surface area contributed by atoms with Crippen molar-refractivity contribution in [3.05, 3.63) is 63.5 Å². The van der Waals surface area contributed by atoms with E-state index in [2.05, 4.69) is 0 Å². The number of benzene rings is 2. The second-order valence-corrected chi connectivity index (χ2v) is 4.45. The maximum Gasteiger partial charge on any atom is 0.270 e. The van der Waals surface area contributed by atoms with Gasteiger partial charge < -0.3 is 9.47 Å². The lowest BCUT2D eigenvalue weighted by atomic mass is 10.2. The number of ether oxygens (including phenoxy) is 2. The van der Waals surface area contributed by atoms with Crippen LogP contribution in [0.2, 0.25) is 0 Å². The second kappa shape index (κ2) is 6.21. The number of halogens is 1. The molecule has 110 valence electrons. The van der Waals surface area contributed by atoms with E-state index in [9.17, 15) is 14.5 Å². The number of nitrogens with zero attached hydrogens (tertiary/aromatic N) is 1. The summed E-state index contributed by atoms with van der Waals surface area (Å²) in [7, 11) is 1.48. The standard InChI is InChI=1S/C15H14FNO4/c1-10-7-12(16)3-5-14(10)21-9-11-8-13(17(18)19)4-6-15(11)20-2/h3-8H,9H2,1-2H3. The van der Waals surface area contributed by atoms with Crippen LogP contribution in [0.25, 0.3) is 0 Å². The van der Waals surface area contributed by atoms with E-state index in [-0.39, 0.29) is 18.1 Å². The number of aryl methyl sites for hydroxylation is 1. The van der Waals surface area contributed by atoms with Crippen molar-refractivity contribution in [2.75, 3.05) is 7.11 Å². The molecule has 2 rings (SSSR count). The first-order chi connectivity index (χ1) is 10.0. The minimum atomic E-state index is -0.480. The Labute approximate surface area is 121 Å². The normalized spacial score (nSPS) is 10.2. The largest absolute Gasteiger partial charge is 0.496 e. The van der Waals surface area contributed by atoms with Gasteiger partial charge in [0.05, 0.1) is 12.0 Å². The fourth-order valence-corrected chi connectivity index (χ4v) is 1.92. The van der Waals surface area contributed by atoms with Crippen LogP contribution in [-0.4, -0.2) is 12.0 Å². The summed E-state index contributed by atoms with van der Waals surface area (Å²) in [5, 5.41) is 10.8. The number of hydrogen-bond acceptors (Lipinski definition) is 4. The van der Waals surface area contributed by atoms with Crippen molar-refractivity contribution in [2.24, 2.45) is 0 Å². The summed E-state index contributed by atoms with van der Waals surface area (Å²) in [6.07, 6.45) is 0. The van der Waals surface area contributed by atoms with Gasteiger partial charge in [0, 0.05) is 17.7 Å². The van der Waals surface area contributed by atoms with Gasteiger partial charge in [-0.05, 0) is 36.8 Å². The van der Waals surface area contributed by atoms with Crippen molar-refractivity contribution < 1.29 is 18.8 Å². The molecule has 0 bridgehead atoms. The lowest BCUT2D eigenvalue weighted by molar-refractivity contribution is -0.385. The van der Waals surface area contributed by atoms with Crippen LogP contribution in [0.4, 0.5) is 10.1 Å². The maximum atomic E-state index is 13.0. The third-order valence-electron chi connectivity index (χ3n) is 2.99. The van der Waals surface area contributed by atoms with E-state index >= 15 is 0 Å². The highest BCUT2D eigenvalue weighted by Gasteiger charge is 2.12. The number of nitro groups is 1. The van der Waals surface area contributed by atoms with Crippen LogP contribution >= 0.6 is 0 Å². The molecule has 0 unspecified atom stereocenters. The van der Waals surface area contributed by atoms with Crippen molar-refractivity contribution in [3.8, 4) is 11.5 Å². The van der Waals surface area contributed by atoms with Crippen LogP contribution in [0, 0.1) is 22.9 Å². The number of methoxy groups -OCH3 is 1. The van der Waals surface area contributed by atoms with Crippen molar-refractivity contribution in [1.29, 1.82) is 0 Å². The molecule has 0 radical (unpaired) electrons. The molecule has 6 heteroatoms. The zero-order valence-corrected chi connectivity index (χ0v) is 11.6. The zero-order chi connectivity index (χ0) is 15.4. The summed E-state index contributed by atoms with van der Waals surface area (Å²) in [6, 6.07) is 8.47. The monoisotopic (exact) mass is 291 g/mol. The first-order valence-electron chi connectivity index (χ1n) is 6.21. The number of hydrogen-bond donors (Lipinski definition) is 0.